The summed E-state index contributed by atoms with van der Waals surface area (Å²) in [6.07, 6.45) is 1.40. The molecule has 0 spiro atoms. The molecule has 0 heterocycles. The molecule has 0 aliphatic rings. The fourth-order valence-corrected chi connectivity index (χ4v) is 1.78. The van der Waals surface area contributed by atoms with Crippen molar-refractivity contribution in [1.29, 1.82) is 0 Å². The molecule has 2 N–H and O–H groups in total. The molecule has 92 valence electrons. The number of nitrogens with two attached hydrogens (primary N) is 1. The van der Waals surface area contributed by atoms with Gasteiger partial charge in [-0.3, -0.25) is 0 Å². The zero-order valence-electron chi connectivity index (χ0n) is 9.95. The zero-order valence-corrected chi connectivity index (χ0v) is 10.8. The van der Waals surface area contributed by atoms with Crippen LogP contribution in [0.5, 0.6) is 0 Å². The smallest absolute Gasteiger partial charge is 0.150 e. The van der Waals surface area contributed by atoms with Crippen molar-refractivity contribution in [1.82, 2.24) is 0 Å². The van der Waals surface area contributed by atoms with E-state index >= 15 is 0 Å². The van der Waals surface area contributed by atoms with Gasteiger partial charge in [0.05, 0.1) is 12.4 Å². The zero-order chi connectivity index (χ0) is 11.9. The van der Waals surface area contributed by atoms with Gasteiger partial charge in [0, 0.05) is 17.9 Å². The Labute approximate surface area is 93.1 Å². The number of hydrogen-bond acceptors (Lipinski definition) is 4. The van der Waals surface area contributed by atoms with Gasteiger partial charge in [0.1, 0.15) is 9.84 Å². The normalized spacial score (nSPS) is 16.3. The molecular formula is C10H23NO3S. The van der Waals surface area contributed by atoms with Crippen LogP contribution in [-0.2, 0) is 14.6 Å². The van der Waals surface area contributed by atoms with Gasteiger partial charge in [-0.1, -0.05) is 13.8 Å². The molecule has 0 amide bonds. The Morgan fingerprint density at radius 1 is 1.33 bits per heavy atom. The first-order valence-corrected chi connectivity index (χ1v) is 7.22. The van der Waals surface area contributed by atoms with Crippen molar-refractivity contribution in [3.63, 3.8) is 0 Å². The summed E-state index contributed by atoms with van der Waals surface area (Å²) in [5.41, 5.74) is 5.57. The molecule has 0 saturated carbocycles. The molecule has 0 rings (SSSR count). The molecule has 15 heavy (non-hydrogen) atoms. The van der Waals surface area contributed by atoms with E-state index in [4.69, 9.17) is 10.5 Å². The summed E-state index contributed by atoms with van der Waals surface area (Å²) in [5.74, 6) is 0.410. The van der Waals surface area contributed by atoms with Crippen molar-refractivity contribution in [3.05, 3.63) is 0 Å². The van der Waals surface area contributed by atoms with Crippen LogP contribution in [0.3, 0.4) is 0 Å². The first-order chi connectivity index (χ1) is 6.83. The Bertz CT molecular complexity index is 260. The van der Waals surface area contributed by atoms with Crippen LogP contribution in [-0.4, -0.2) is 38.7 Å². The second-order valence-electron chi connectivity index (χ2n) is 4.15. The van der Waals surface area contributed by atoms with Crippen LogP contribution < -0.4 is 5.73 Å². The highest BCUT2D eigenvalue weighted by Crippen LogP contribution is 2.05. The van der Waals surface area contributed by atoms with Crippen LogP contribution in [0.4, 0.5) is 0 Å². The van der Waals surface area contributed by atoms with Gasteiger partial charge in [-0.05, 0) is 19.8 Å². The molecule has 0 radical (unpaired) electrons. The number of sulfone groups is 1. The lowest BCUT2D eigenvalue weighted by Crippen LogP contribution is -2.40. The maximum Gasteiger partial charge on any atom is 0.150 e. The second kappa shape index (κ2) is 6.45. The van der Waals surface area contributed by atoms with Crippen LogP contribution >= 0.6 is 0 Å². The minimum atomic E-state index is -2.85. The Morgan fingerprint density at radius 3 is 2.40 bits per heavy atom. The Morgan fingerprint density at radius 2 is 1.93 bits per heavy atom. The Hall–Kier alpha value is -0.130. The predicted molar refractivity (Wildman–Crippen MR) is 62.6 cm³/mol. The van der Waals surface area contributed by atoms with Gasteiger partial charge in [0.25, 0.3) is 0 Å². The minimum Gasteiger partial charge on any atom is -0.380 e. The third-order valence-corrected chi connectivity index (χ3v) is 4.21. The molecule has 0 fully saturated rings. The van der Waals surface area contributed by atoms with Gasteiger partial charge in [0.2, 0.25) is 0 Å². The Balaban J connectivity index is 3.57. The van der Waals surface area contributed by atoms with Gasteiger partial charge in [0.15, 0.2) is 0 Å². The summed E-state index contributed by atoms with van der Waals surface area (Å²) in [4.78, 5) is 0. The van der Waals surface area contributed by atoms with Gasteiger partial charge < -0.3 is 10.5 Å². The van der Waals surface area contributed by atoms with Crippen molar-refractivity contribution >= 4 is 9.84 Å². The van der Waals surface area contributed by atoms with Crippen molar-refractivity contribution in [2.75, 3.05) is 24.7 Å². The van der Waals surface area contributed by atoms with Crippen LogP contribution in [0.2, 0.25) is 0 Å². The fraction of sp³-hybridized carbons (Fsp3) is 1.00. The first-order valence-electron chi connectivity index (χ1n) is 5.40. The van der Waals surface area contributed by atoms with Gasteiger partial charge in [-0.2, -0.15) is 0 Å². The molecule has 1 atom stereocenters. The lowest BCUT2D eigenvalue weighted by molar-refractivity contribution is 0.0903. The second-order valence-corrected chi connectivity index (χ2v) is 6.62. The summed E-state index contributed by atoms with van der Waals surface area (Å²) in [7, 11) is -2.85. The summed E-state index contributed by atoms with van der Waals surface area (Å²) in [6, 6.07) is 0. The number of hydrogen-bond donors (Lipinski definition) is 1. The number of ether oxygens (including phenoxy) is 1. The summed E-state index contributed by atoms with van der Waals surface area (Å²) in [5, 5.41) is 0. The maximum absolute atomic E-state index is 11.1. The van der Waals surface area contributed by atoms with E-state index in [1.54, 1.807) is 6.92 Å². The molecule has 0 aliphatic heterocycles. The average Bonchev–Trinajstić information content (AvgIpc) is 2.17. The highest BCUT2D eigenvalue weighted by atomic mass is 32.2. The lowest BCUT2D eigenvalue weighted by Gasteiger charge is -2.22. The van der Waals surface area contributed by atoms with E-state index in [1.807, 2.05) is 13.8 Å². The van der Waals surface area contributed by atoms with Crippen molar-refractivity contribution < 1.29 is 13.2 Å². The summed E-state index contributed by atoms with van der Waals surface area (Å²) >= 11 is 0. The number of rotatable bonds is 8. The van der Waals surface area contributed by atoms with E-state index < -0.39 is 9.84 Å². The maximum atomic E-state index is 11.1. The standard InChI is InChI=1S/C10H23NO3S/c1-4-10(3,11)9-14-7-6-8-15(12,13)5-2/h4-9,11H2,1-3H3. The van der Waals surface area contributed by atoms with Crippen LogP contribution in [0, 0.1) is 0 Å². The molecule has 1 unspecified atom stereocenters. The summed E-state index contributed by atoms with van der Waals surface area (Å²) < 4.78 is 27.6. The topological polar surface area (TPSA) is 69.4 Å². The third kappa shape index (κ3) is 7.76. The van der Waals surface area contributed by atoms with Crippen molar-refractivity contribution in [2.45, 2.75) is 39.2 Å². The Kier molecular flexibility index (Phi) is 6.40. The van der Waals surface area contributed by atoms with Crippen LogP contribution in [0.25, 0.3) is 0 Å². The fourth-order valence-electron chi connectivity index (χ4n) is 0.933. The molecule has 4 nitrogen and oxygen atoms in total. The molecule has 0 aromatic rings. The minimum absolute atomic E-state index is 0.205. The molecule has 0 saturated heterocycles. The third-order valence-electron chi connectivity index (χ3n) is 2.42. The molecule has 0 aliphatic carbocycles. The van der Waals surface area contributed by atoms with Gasteiger partial charge >= 0.3 is 0 Å². The molecular weight excluding hydrogens is 214 g/mol. The molecule has 0 aromatic heterocycles. The quantitative estimate of drug-likeness (QED) is 0.638. The largest absolute Gasteiger partial charge is 0.380 e. The van der Waals surface area contributed by atoms with E-state index in [0.29, 0.717) is 19.6 Å². The van der Waals surface area contributed by atoms with Crippen LogP contribution in [0.1, 0.15) is 33.6 Å². The van der Waals surface area contributed by atoms with E-state index in [1.165, 1.54) is 0 Å². The monoisotopic (exact) mass is 237 g/mol. The first kappa shape index (κ1) is 14.9. The molecule has 5 heteroatoms. The van der Waals surface area contributed by atoms with Crippen molar-refractivity contribution in [3.8, 4) is 0 Å². The van der Waals surface area contributed by atoms with Crippen molar-refractivity contribution in [2.24, 2.45) is 5.73 Å². The summed E-state index contributed by atoms with van der Waals surface area (Å²) in [6.45, 7) is 6.53. The highest BCUT2D eigenvalue weighted by molar-refractivity contribution is 7.91. The molecule has 0 bridgehead atoms. The highest BCUT2D eigenvalue weighted by Gasteiger charge is 2.15. The van der Waals surface area contributed by atoms with Crippen LogP contribution in [0.15, 0.2) is 0 Å². The van der Waals surface area contributed by atoms with E-state index in [-0.39, 0.29) is 17.0 Å². The van der Waals surface area contributed by atoms with E-state index in [2.05, 4.69) is 0 Å². The van der Waals surface area contributed by atoms with E-state index in [0.717, 1.165) is 6.42 Å². The van der Waals surface area contributed by atoms with Gasteiger partial charge in [-0.15, -0.1) is 0 Å². The lowest BCUT2D eigenvalue weighted by atomic mass is 10.0. The predicted octanol–water partition coefficient (Wildman–Crippen LogP) is 0.955. The molecule has 0 aromatic carbocycles. The van der Waals surface area contributed by atoms with E-state index in [9.17, 15) is 8.42 Å². The SMILES string of the molecule is CCC(C)(N)COCCCS(=O)(=O)CC. The van der Waals surface area contributed by atoms with Gasteiger partial charge in [-0.25, -0.2) is 8.42 Å². The average molecular weight is 237 g/mol.